The largest absolute Gasteiger partial charge is 0.481 e. The standard InChI is InChI=1S/C14H17ClN2O3/c1-8-3-4-11(15)12(5-8)16-14(20)17-6-9(2)10(7-17)13(18)19/h3-5,9-10H,6-7H2,1-2H3,(H,16,20)(H,18,19)/t9-,10-/m1/s1. The molecule has 2 atom stereocenters. The van der Waals surface area contributed by atoms with Crippen LogP contribution in [0, 0.1) is 18.8 Å². The van der Waals surface area contributed by atoms with Crippen LogP contribution in [0.3, 0.4) is 0 Å². The molecule has 1 heterocycles. The van der Waals surface area contributed by atoms with Crippen LogP contribution in [0.25, 0.3) is 0 Å². The molecule has 1 aromatic rings. The normalized spacial score (nSPS) is 21.9. The SMILES string of the molecule is Cc1ccc(Cl)c(NC(=O)N2C[C@@H](C)[C@H](C(=O)O)C2)c1. The Hall–Kier alpha value is -1.75. The van der Waals surface area contributed by atoms with Crippen LogP contribution in [-0.2, 0) is 4.79 Å². The molecule has 5 nitrogen and oxygen atoms in total. The number of nitrogens with zero attached hydrogens (tertiary/aromatic N) is 1. The summed E-state index contributed by atoms with van der Waals surface area (Å²) in [6.45, 7) is 4.41. The van der Waals surface area contributed by atoms with E-state index < -0.39 is 11.9 Å². The molecule has 20 heavy (non-hydrogen) atoms. The summed E-state index contributed by atoms with van der Waals surface area (Å²) in [4.78, 5) is 24.7. The third-order valence-electron chi connectivity index (χ3n) is 3.58. The van der Waals surface area contributed by atoms with Crippen molar-refractivity contribution in [3.63, 3.8) is 0 Å². The van der Waals surface area contributed by atoms with Gasteiger partial charge < -0.3 is 15.3 Å². The first-order valence-electron chi connectivity index (χ1n) is 6.43. The first-order chi connectivity index (χ1) is 9.38. The topological polar surface area (TPSA) is 69.6 Å². The van der Waals surface area contributed by atoms with E-state index in [0.29, 0.717) is 17.3 Å². The Kier molecular flexibility index (Phi) is 4.18. The second kappa shape index (κ2) is 5.71. The average molecular weight is 297 g/mol. The van der Waals surface area contributed by atoms with Crippen LogP contribution in [0.1, 0.15) is 12.5 Å². The van der Waals surface area contributed by atoms with E-state index in [9.17, 15) is 9.59 Å². The molecule has 0 bridgehead atoms. The Morgan fingerprint density at radius 2 is 2.10 bits per heavy atom. The molecule has 1 fully saturated rings. The van der Waals surface area contributed by atoms with Crippen molar-refractivity contribution in [2.45, 2.75) is 13.8 Å². The second-order valence-electron chi connectivity index (χ2n) is 5.24. The van der Waals surface area contributed by atoms with Crippen molar-refractivity contribution in [1.82, 2.24) is 4.90 Å². The molecular formula is C14H17ClN2O3. The van der Waals surface area contributed by atoms with Gasteiger partial charge in [-0.05, 0) is 30.5 Å². The van der Waals surface area contributed by atoms with Gasteiger partial charge in [-0.3, -0.25) is 4.79 Å². The number of nitrogens with one attached hydrogen (secondary N) is 1. The molecule has 108 valence electrons. The van der Waals surface area contributed by atoms with Gasteiger partial charge in [-0.2, -0.15) is 0 Å². The van der Waals surface area contributed by atoms with E-state index in [2.05, 4.69) is 5.32 Å². The zero-order valence-electron chi connectivity index (χ0n) is 11.4. The summed E-state index contributed by atoms with van der Waals surface area (Å²) in [6, 6.07) is 5.05. The van der Waals surface area contributed by atoms with Gasteiger partial charge in [0, 0.05) is 13.1 Å². The number of urea groups is 1. The minimum absolute atomic E-state index is 0.0498. The van der Waals surface area contributed by atoms with Crippen molar-refractivity contribution in [2.75, 3.05) is 18.4 Å². The number of aryl methyl sites for hydroxylation is 1. The molecule has 2 rings (SSSR count). The van der Waals surface area contributed by atoms with Crippen LogP contribution in [-0.4, -0.2) is 35.1 Å². The molecular weight excluding hydrogens is 280 g/mol. The Bertz CT molecular complexity index is 547. The number of aliphatic carboxylic acids is 1. The van der Waals surface area contributed by atoms with Gasteiger partial charge in [0.05, 0.1) is 16.6 Å². The number of amides is 2. The quantitative estimate of drug-likeness (QED) is 0.881. The van der Waals surface area contributed by atoms with Gasteiger partial charge >= 0.3 is 12.0 Å². The molecule has 0 aromatic heterocycles. The minimum Gasteiger partial charge on any atom is -0.481 e. The molecule has 0 radical (unpaired) electrons. The molecule has 0 unspecified atom stereocenters. The number of likely N-dealkylation sites (tertiary alicyclic amines) is 1. The number of rotatable bonds is 2. The summed E-state index contributed by atoms with van der Waals surface area (Å²) in [6.07, 6.45) is 0. The van der Waals surface area contributed by atoms with Crippen molar-refractivity contribution in [2.24, 2.45) is 11.8 Å². The lowest BCUT2D eigenvalue weighted by Gasteiger charge is -2.17. The Morgan fingerprint density at radius 3 is 2.70 bits per heavy atom. The minimum atomic E-state index is -0.860. The number of carbonyl (C=O) groups is 2. The molecule has 0 saturated carbocycles. The zero-order valence-corrected chi connectivity index (χ0v) is 12.1. The number of carboxylic acids is 1. The van der Waals surface area contributed by atoms with E-state index >= 15 is 0 Å². The number of benzene rings is 1. The maximum absolute atomic E-state index is 12.2. The van der Waals surface area contributed by atoms with Crippen LogP contribution in [0.5, 0.6) is 0 Å². The van der Waals surface area contributed by atoms with Gasteiger partial charge in [0.15, 0.2) is 0 Å². The predicted molar refractivity (Wildman–Crippen MR) is 77.1 cm³/mol. The molecule has 0 aliphatic carbocycles. The number of hydrogen-bond donors (Lipinski definition) is 2. The van der Waals surface area contributed by atoms with Crippen LogP contribution in [0.4, 0.5) is 10.5 Å². The highest BCUT2D eigenvalue weighted by molar-refractivity contribution is 6.33. The van der Waals surface area contributed by atoms with Crippen LogP contribution >= 0.6 is 11.6 Å². The second-order valence-corrected chi connectivity index (χ2v) is 5.65. The van der Waals surface area contributed by atoms with Gasteiger partial charge in [-0.15, -0.1) is 0 Å². The third-order valence-corrected chi connectivity index (χ3v) is 3.91. The van der Waals surface area contributed by atoms with Crippen LogP contribution in [0.15, 0.2) is 18.2 Å². The highest BCUT2D eigenvalue weighted by Gasteiger charge is 2.37. The maximum atomic E-state index is 12.2. The highest BCUT2D eigenvalue weighted by atomic mass is 35.5. The van der Waals surface area contributed by atoms with Gasteiger partial charge in [-0.1, -0.05) is 24.6 Å². The average Bonchev–Trinajstić information content (AvgIpc) is 2.76. The number of carboxylic acid groups (broad SMARTS) is 1. The fraction of sp³-hybridized carbons (Fsp3) is 0.429. The lowest BCUT2D eigenvalue weighted by Crippen LogP contribution is -2.33. The number of halogens is 1. The fourth-order valence-electron chi connectivity index (χ4n) is 2.38. The molecule has 1 saturated heterocycles. The zero-order chi connectivity index (χ0) is 14.9. The summed E-state index contributed by atoms with van der Waals surface area (Å²) < 4.78 is 0. The number of anilines is 1. The summed E-state index contributed by atoms with van der Waals surface area (Å²) >= 11 is 6.03. The molecule has 1 aromatic carbocycles. The fourth-order valence-corrected chi connectivity index (χ4v) is 2.55. The summed E-state index contributed by atoms with van der Waals surface area (Å²) in [5, 5.41) is 12.3. The van der Waals surface area contributed by atoms with Crippen molar-refractivity contribution < 1.29 is 14.7 Å². The molecule has 6 heteroatoms. The number of hydrogen-bond acceptors (Lipinski definition) is 2. The highest BCUT2D eigenvalue weighted by Crippen LogP contribution is 2.26. The first kappa shape index (κ1) is 14.7. The van der Waals surface area contributed by atoms with E-state index in [-0.39, 0.29) is 18.5 Å². The molecule has 1 aliphatic heterocycles. The predicted octanol–water partition coefficient (Wildman–Crippen LogP) is 2.83. The van der Waals surface area contributed by atoms with E-state index in [1.807, 2.05) is 19.9 Å². The maximum Gasteiger partial charge on any atom is 0.321 e. The van der Waals surface area contributed by atoms with Crippen molar-refractivity contribution in [3.05, 3.63) is 28.8 Å². The molecule has 0 spiro atoms. The molecule has 2 amide bonds. The van der Waals surface area contributed by atoms with Crippen molar-refractivity contribution in [1.29, 1.82) is 0 Å². The molecule has 1 aliphatic rings. The smallest absolute Gasteiger partial charge is 0.321 e. The van der Waals surface area contributed by atoms with E-state index in [4.69, 9.17) is 16.7 Å². The monoisotopic (exact) mass is 296 g/mol. The van der Waals surface area contributed by atoms with Crippen molar-refractivity contribution >= 4 is 29.3 Å². The summed E-state index contributed by atoms with van der Waals surface area (Å²) in [7, 11) is 0. The first-order valence-corrected chi connectivity index (χ1v) is 6.81. The van der Waals surface area contributed by atoms with E-state index in [0.717, 1.165) is 5.56 Å². The van der Waals surface area contributed by atoms with Gasteiger partial charge in [0.2, 0.25) is 0 Å². The summed E-state index contributed by atoms with van der Waals surface area (Å²) in [5.41, 5.74) is 1.53. The Labute approximate surface area is 122 Å². The van der Waals surface area contributed by atoms with E-state index in [1.165, 1.54) is 4.90 Å². The van der Waals surface area contributed by atoms with Gasteiger partial charge in [0.1, 0.15) is 0 Å². The van der Waals surface area contributed by atoms with Gasteiger partial charge in [-0.25, -0.2) is 4.79 Å². The number of carbonyl (C=O) groups excluding carboxylic acids is 1. The summed E-state index contributed by atoms with van der Waals surface area (Å²) in [5.74, 6) is -1.42. The van der Waals surface area contributed by atoms with Crippen LogP contribution in [0.2, 0.25) is 5.02 Å². The molecule has 2 N–H and O–H groups in total. The Balaban J connectivity index is 2.06. The lowest BCUT2D eigenvalue weighted by atomic mass is 9.99. The van der Waals surface area contributed by atoms with Gasteiger partial charge in [0.25, 0.3) is 0 Å². The van der Waals surface area contributed by atoms with Crippen molar-refractivity contribution in [3.8, 4) is 0 Å². The van der Waals surface area contributed by atoms with E-state index in [1.54, 1.807) is 12.1 Å². The lowest BCUT2D eigenvalue weighted by molar-refractivity contribution is -0.142. The van der Waals surface area contributed by atoms with Crippen LogP contribution < -0.4 is 5.32 Å². The Morgan fingerprint density at radius 1 is 1.40 bits per heavy atom. The third kappa shape index (κ3) is 3.04.